The molecule has 0 aliphatic heterocycles. The van der Waals surface area contributed by atoms with Gasteiger partial charge >= 0.3 is 5.51 Å². The fourth-order valence-corrected chi connectivity index (χ4v) is 3.78. The van der Waals surface area contributed by atoms with E-state index in [9.17, 15) is 18.0 Å². The van der Waals surface area contributed by atoms with Crippen molar-refractivity contribution in [3.05, 3.63) is 23.3 Å². The van der Waals surface area contributed by atoms with Crippen LogP contribution in [0.2, 0.25) is 0 Å². The Balaban J connectivity index is 1.88. The number of carbonyl (C=O) groups excluding carboxylic acids is 1. The Bertz CT molecular complexity index is 594. The molecule has 1 saturated carbocycles. The van der Waals surface area contributed by atoms with Crippen molar-refractivity contribution in [1.29, 1.82) is 0 Å². The SMILES string of the molecule is CC(Oc1ccc(SC(F)(F)F)c2c1CCC2=O)C1CCC1. The quantitative estimate of drug-likeness (QED) is 0.727. The van der Waals surface area contributed by atoms with Crippen LogP contribution < -0.4 is 4.74 Å². The molecule has 1 atom stereocenters. The Kier molecular flexibility index (Phi) is 4.14. The molecule has 1 fully saturated rings. The third-order valence-electron chi connectivity index (χ3n) is 4.46. The molecule has 0 N–H and O–H groups in total. The second kappa shape index (κ2) is 5.80. The lowest BCUT2D eigenvalue weighted by Crippen LogP contribution is -2.29. The first-order chi connectivity index (χ1) is 10.3. The summed E-state index contributed by atoms with van der Waals surface area (Å²) in [5.74, 6) is 0.868. The van der Waals surface area contributed by atoms with E-state index in [1.54, 1.807) is 6.07 Å². The molecule has 1 unspecified atom stereocenters. The molecule has 22 heavy (non-hydrogen) atoms. The van der Waals surface area contributed by atoms with E-state index in [0.717, 1.165) is 12.8 Å². The fourth-order valence-electron chi connectivity index (χ4n) is 3.05. The minimum Gasteiger partial charge on any atom is -0.490 e. The highest BCUT2D eigenvalue weighted by Crippen LogP contribution is 2.44. The smallest absolute Gasteiger partial charge is 0.446 e. The number of ether oxygens (including phenoxy) is 1. The van der Waals surface area contributed by atoms with Crippen molar-refractivity contribution in [2.45, 2.75) is 55.5 Å². The molecule has 1 aromatic carbocycles. The third-order valence-corrected chi connectivity index (χ3v) is 5.26. The number of halogens is 3. The molecule has 2 aliphatic carbocycles. The van der Waals surface area contributed by atoms with Gasteiger partial charge in [-0.05, 0) is 56.0 Å². The van der Waals surface area contributed by atoms with Crippen LogP contribution in [0.4, 0.5) is 13.2 Å². The lowest BCUT2D eigenvalue weighted by Gasteiger charge is -2.32. The van der Waals surface area contributed by atoms with Crippen LogP contribution in [-0.2, 0) is 6.42 Å². The number of thioether (sulfide) groups is 1. The summed E-state index contributed by atoms with van der Waals surface area (Å²) in [4.78, 5) is 12.0. The van der Waals surface area contributed by atoms with E-state index in [4.69, 9.17) is 4.74 Å². The van der Waals surface area contributed by atoms with Crippen molar-refractivity contribution >= 4 is 17.5 Å². The van der Waals surface area contributed by atoms with Gasteiger partial charge in [0.25, 0.3) is 0 Å². The van der Waals surface area contributed by atoms with Gasteiger partial charge < -0.3 is 4.74 Å². The van der Waals surface area contributed by atoms with Gasteiger partial charge in [0.1, 0.15) is 5.75 Å². The summed E-state index contributed by atoms with van der Waals surface area (Å²) < 4.78 is 43.8. The van der Waals surface area contributed by atoms with E-state index < -0.39 is 5.51 Å². The maximum absolute atomic E-state index is 12.6. The van der Waals surface area contributed by atoms with Gasteiger partial charge in [-0.15, -0.1) is 0 Å². The third kappa shape index (κ3) is 3.12. The highest BCUT2D eigenvalue weighted by molar-refractivity contribution is 8.00. The maximum Gasteiger partial charge on any atom is 0.446 e. The number of fused-ring (bicyclic) bond motifs is 1. The number of ketones is 1. The van der Waals surface area contributed by atoms with Crippen molar-refractivity contribution in [1.82, 2.24) is 0 Å². The van der Waals surface area contributed by atoms with E-state index in [-0.39, 0.29) is 40.5 Å². The molecule has 2 aliphatic rings. The summed E-state index contributed by atoms with van der Waals surface area (Å²) in [6.07, 6.45) is 4.23. The molecular formula is C16H17F3O2S. The molecular weight excluding hydrogens is 313 g/mol. The van der Waals surface area contributed by atoms with Crippen LogP contribution in [0.5, 0.6) is 5.75 Å². The van der Waals surface area contributed by atoms with Crippen LogP contribution in [0.15, 0.2) is 17.0 Å². The minimum atomic E-state index is -4.39. The monoisotopic (exact) mass is 330 g/mol. The Morgan fingerprint density at radius 1 is 1.27 bits per heavy atom. The topological polar surface area (TPSA) is 26.3 Å². The largest absolute Gasteiger partial charge is 0.490 e. The molecule has 0 bridgehead atoms. The molecule has 0 spiro atoms. The summed E-state index contributed by atoms with van der Waals surface area (Å²) in [6, 6.07) is 2.95. The Morgan fingerprint density at radius 2 is 2.00 bits per heavy atom. The van der Waals surface area contributed by atoms with Crippen molar-refractivity contribution < 1.29 is 22.7 Å². The van der Waals surface area contributed by atoms with E-state index in [1.807, 2.05) is 6.92 Å². The van der Waals surface area contributed by atoms with E-state index >= 15 is 0 Å². The average Bonchev–Trinajstić information content (AvgIpc) is 2.71. The van der Waals surface area contributed by atoms with E-state index in [2.05, 4.69) is 0 Å². The number of carbonyl (C=O) groups is 1. The van der Waals surface area contributed by atoms with Gasteiger partial charge in [0.05, 0.1) is 6.10 Å². The number of hydrogen-bond acceptors (Lipinski definition) is 3. The van der Waals surface area contributed by atoms with Crippen LogP contribution in [0.1, 0.15) is 48.5 Å². The van der Waals surface area contributed by atoms with Gasteiger partial charge in [0.2, 0.25) is 0 Å². The first-order valence-corrected chi connectivity index (χ1v) is 8.28. The van der Waals surface area contributed by atoms with Crippen molar-refractivity contribution in [3.8, 4) is 5.75 Å². The van der Waals surface area contributed by atoms with E-state index in [0.29, 0.717) is 23.7 Å². The zero-order valence-electron chi connectivity index (χ0n) is 12.2. The second-order valence-electron chi connectivity index (χ2n) is 5.90. The molecule has 0 amide bonds. The second-order valence-corrected chi connectivity index (χ2v) is 7.01. The van der Waals surface area contributed by atoms with E-state index in [1.165, 1.54) is 12.5 Å². The number of alkyl halides is 3. The predicted molar refractivity (Wildman–Crippen MR) is 78.4 cm³/mol. The van der Waals surface area contributed by atoms with Gasteiger partial charge in [-0.1, -0.05) is 6.42 Å². The lowest BCUT2D eigenvalue weighted by atomic mass is 9.82. The average molecular weight is 330 g/mol. The Labute approximate surface area is 131 Å². The minimum absolute atomic E-state index is 0.00588. The maximum atomic E-state index is 12.6. The number of rotatable bonds is 4. The first kappa shape index (κ1) is 15.7. The van der Waals surface area contributed by atoms with Crippen molar-refractivity contribution in [2.75, 3.05) is 0 Å². The number of hydrogen-bond donors (Lipinski definition) is 0. The van der Waals surface area contributed by atoms with Gasteiger partial charge in [-0.3, -0.25) is 4.79 Å². The molecule has 0 saturated heterocycles. The normalized spacial score (nSPS) is 19.7. The van der Waals surface area contributed by atoms with Gasteiger partial charge in [-0.25, -0.2) is 0 Å². The Hall–Kier alpha value is -1.17. The standard InChI is InChI=1S/C16H17F3O2S/c1-9(10-3-2-4-10)21-13-7-8-14(22-16(17,18)19)15-11(13)5-6-12(15)20/h7-10H,2-6H2,1H3. The summed E-state index contributed by atoms with van der Waals surface area (Å²) in [5.41, 5.74) is -3.54. The fraction of sp³-hybridized carbons (Fsp3) is 0.562. The molecule has 0 aromatic heterocycles. The zero-order valence-corrected chi connectivity index (χ0v) is 13.0. The molecule has 2 nitrogen and oxygen atoms in total. The van der Waals surface area contributed by atoms with Crippen molar-refractivity contribution in [3.63, 3.8) is 0 Å². The molecule has 3 rings (SSSR count). The molecule has 0 heterocycles. The Morgan fingerprint density at radius 3 is 2.59 bits per heavy atom. The molecule has 120 valence electrons. The van der Waals surface area contributed by atoms with Crippen LogP contribution in [0.25, 0.3) is 0 Å². The summed E-state index contributed by atoms with van der Waals surface area (Å²) in [7, 11) is 0. The van der Waals surface area contributed by atoms with Crippen LogP contribution in [-0.4, -0.2) is 17.4 Å². The summed E-state index contributed by atoms with van der Waals surface area (Å²) >= 11 is -0.217. The lowest BCUT2D eigenvalue weighted by molar-refractivity contribution is -0.0328. The highest BCUT2D eigenvalue weighted by atomic mass is 32.2. The van der Waals surface area contributed by atoms with Crippen molar-refractivity contribution in [2.24, 2.45) is 5.92 Å². The molecule has 1 aromatic rings. The first-order valence-electron chi connectivity index (χ1n) is 7.46. The molecule has 0 radical (unpaired) electrons. The predicted octanol–water partition coefficient (Wildman–Crippen LogP) is 4.99. The zero-order chi connectivity index (χ0) is 15.9. The van der Waals surface area contributed by atoms with Gasteiger partial charge in [-0.2, -0.15) is 13.2 Å². The molecule has 6 heteroatoms. The van der Waals surface area contributed by atoms with Crippen LogP contribution >= 0.6 is 11.8 Å². The van der Waals surface area contributed by atoms with Gasteiger partial charge in [0, 0.05) is 22.4 Å². The van der Waals surface area contributed by atoms with Crippen LogP contribution in [0.3, 0.4) is 0 Å². The number of Topliss-reactive ketones (excluding diaryl/α,β-unsaturated/α-hetero) is 1. The highest BCUT2D eigenvalue weighted by Gasteiger charge is 2.35. The van der Waals surface area contributed by atoms with Gasteiger partial charge in [0.15, 0.2) is 5.78 Å². The summed E-state index contributed by atoms with van der Waals surface area (Å²) in [5, 5.41) is 0. The summed E-state index contributed by atoms with van der Waals surface area (Å²) in [6.45, 7) is 1.99. The van der Waals surface area contributed by atoms with Crippen LogP contribution in [0, 0.1) is 5.92 Å². The number of benzene rings is 1.